The van der Waals surface area contributed by atoms with Crippen molar-refractivity contribution in [1.29, 1.82) is 0 Å². The van der Waals surface area contributed by atoms with Gasteiger partial charge in [-0.2, -0.15) is 0 Å². The molecule has 1 amide bonds. The van der Waals surface area contributed by atoms with Crippen LogP contribution in [0.2, 0.25) is 5.02 Å². The fourth-order valence-corrected chi connectivity index (χ4v) is 2.02. The normalized spacial score (nSPS) is 10.6. The standard InChI is InChI=1S/C14H19ClN2O3/c1-2-7-17(10-14(19)20)8-6-13(18)16-12-5-3-4-11(15)9-12/h3-5,9H,2,6-8,10H2,1H3,(H,16,18)(H,19,20). The van der Waals surface area contributed by atoms with Gasteiger partial charge < -0.3 is 10.4 Å². The van der Waals surface area contributed by atoms with Crippen molar-refractivity contribution >= 4 is 29.2 Å². The van der Waals surface area contributed by atoms with E-state index < -0.39 is 5.97 Å². The lowest BCUT2D eigenvalue weighted by molar-refractivity contribution is -0.138. The number of carbonyl (C=O) groups excluding carboxylic acids is 1. The van der Waals surface area contributed by atoms with Crippen LogP contribution in [0.3, 0.4) is 0 Å². The van der Waals surface area contributed by atoms with Crippen molar-refractivity contribution in [1.82, 2.24) is 4.90 Å². The van der Waals surface area contributed by atoms with Gasteiger partial charge in [0.05, 0.1) is 6.54 Å². The number of hydrogen-bond donors (Lipinski definition) is 2. The molecule has 0 spiro atoms. The maximum Gasteiger partial charge on any atom is 0.317 e. The summed E-state index contributed by atoms with van der Waals surface area (Å²) in [6.07, 6.45) is 1.10. The Morgan fingerprint density at radius 2 is 2.10 bits per heavy atom. The Kier molecular flexibility index (Phi) is 7.04. The van der Waals surface area contributed by atoms with Gasteiger partial charge in [-0.05, 0) is 31.2 Å². The van der Waals surface area contributed by atoms with Gasteiger partial charge in [0.1, 0.15) is 0 Å². The smallest absolute Gasteiger partial charge is 0.317 e. The summed E-state index contributed by atoms with van der Waals surface area (Å²) in [6, 6.07) is 6.91. The topological polar surface area (TPSA) is 69.6 Å². The Balaban J connectivity index is 2.43. The Morgan fingerprint density at radius 1 is 1.35 bits per heavy atom. The highest BCUT2D eigenvalue weighted by Gasteiger charge is 2.11. The molecule has 20 heavy (non-hydrogen) atoms. The lowest BCUT2D eigenvalue weighted by Gasteiger charge is -2.18. The van der Waals surface area contributed by atoms with Crippen LogP contribution in [0.25, 0.3) is 0 Å². The van der Waals surface area contributed by atoms with E-state index in [2.05, 4.69) is 5.32 Å². The molecule has 6 heteroatoms. The molecule has 0 saturated carbocycles. The number of aliphatic carboxylic acids is 1. The SMILES string of the molecule is CCCN(CCC(=O)Nc1cccc(Cl)c1)CC(=O)O. The molecule has 0 heterocycles. The van der Waals surface area contributed by atoms with Crippen molar-refractivity contribution < 1.29 is 14.7 Å². The predicted octanol–water partition coefficient (Wildman–Crippen LogP) is 2.47. The minimum atomic E-state index is -0.881. The van der Waals surface area contributed by atoms with Crippen molar-refractivity contribution in [2.45, 2.75) is 19.8 Å². The van der Waals surface area contributed by atoms with E-state index in [9.17, 15) is 9.59 Å². The number of amides is 1. The maximum absolute atomic E-state index is 11.8. The minimum absolute atomic E-state index is 0.0434. The first-order valence-corrected chi connectivity index (χ1v) is 6.88. The number of carboxylic acid groups (broad SMARTS) is 1. The Morgan fingerprint density at radius 3 is 2.70 bits per heavy atom. The molecule has 0 unspecified atom stereocenters. The largest absolute Gasteiger partial charge is 0.480 e. The molecule has 1 rings (SSSR count). The molecule has 1 aromatic carbocycles. The summed E-state index contributed by atoms with van der Waals surface area (Å²) in [5, 5.41) is 12.1. The molecule has 0 fully saturated rings. The Bertz CT molecular complexity index is 465. The first kappa shape index (κ1) is 16.5. The second-order valence-corrected chi connectivity index (χ2v) is 4.91. The third-order valence-corrected chi connectivity index (χ3v) is 2.90. The zero-order chi connectivity index (χ0) is 15.0. The van der Waals surface area contributed by atoms with Crippen LogP contribution >= 0.6 is 11.6 Å². The molecule has 0 aliphatic carbocycles. The lowest BCUT2D eigenvalue weighted by atomic mass is 10.3. The number of carbonyl (C=O) groups is 2. The number of rotatable bonds is 8. The predicted molar refractivity (Wildman–Crippen MR) is 79.1 cm³/mol. The van der Waals surface area contributed by atoms with Crippen LogP contribution in [0.5, 0.6) is 0 Å². The molecule has 1 aromatic rings. The van der Waals surface area contributed by atoms with Gasteiger partial charge in [-0.3, -0.25) is 14.5 Å². The monoisotopic (exact) mass is 298 g/mol. The summed E-state index contributed by atoms with van der Waals surface area (Å²) in [6.45, 7) is 3.02. The van der Waals surface area contributed by atoms with Crippen molar-refractivity contribution in [3.63, 3.8) is 0 Å². The van der Waals surface area contributed by atoms with E-state index in [4.69, 9.17) is 16.7 Å². The van der Waals surface area contributed by atoms with Crippen LogP contribution in [0.15, 0.2) is 24.3 Å². The van der Waals surface area contributed by atoms with Crippen LogP contribution in [0.1, 0.15) is 19.8 Å². The van der Waals surface area contributed by atoms with Crippen molar-refractivity contribution in [3.05, 3.63) is 29.3 Å². The van der Waals surface area contributed by atoms with E-state index in [1.54, 1.807) is 29.2 Å². The number of halogens is 1. The molecule has 110 valence electrons. The van der Waals surface area contributed by atoms with Gasteiger partial charge in [0.25, 0.3) is 0 Å². The van der Waals surface area contributed by atoms with Gasteiger partial charge in [0.15, 0.2) is 0 Å². The second kappa shape index (κ2) is 8.55. The quantitative estimate of drug-likeness (QED) is 0.773. The summed E-state index contributed by atoms with van der Waals surface area (Å²) >= 11 is 5.83. The first-order valence-electron chi connectivity index (χ1n) is 6.51. The van der Waals surface area contributed by atoms with Gasteiger partial charge in [-0.25, -0.2) is 0 Å². The maximum atomic E-state index is 11.8. The number of nitrogens with one attached hydrogen (secondary N) is 1. The van der Waals surface area contributed by atoms with Crippen molar-refractivity contribution in [2.24, 2.45) is 0 Å². The summed E-state index contributed by atoms with van der Waals surface area (Å²) in [5.41, 5.74) is 0.641. The molecule has 5 nitrogen and oxygen atoms in total. The summed E-state index contributed by atoms with van der Waals surface area (Å²) in [7, 11) is 0. The first-order chi connectivity index (χ1) is 9.51. The van der Waals surface area contributed by atoms with E-state index in [0.717, 1.165) is 6.42 Å². The van der Waals surface area contributed by atoms with E-state index in [1.807, 2.05) is 6.92 Å². The van der Waals surface area contributed by atoms with Crippen LogP contribution in [0, 0.1) is 0 Å². The van der Waals surface area contributed by atoms with Crippen LogP contribution in [-0.2, 0) is 9.59 Å². The molecule has 0 radical (unpaired) electrons. The second-order valence-electron chi connectivity index (χ2n) is 4.48. The van der Waals surface area contributed by atoms with Gasteiger partial charge in [-0.15, -0.1) is 0 Å². The molecular weight excluding hydrogens is 280 g/mol. The molecule has 2 N–H and O–H groups in total. The van der Waals surface area contributed by atoms with Gasteiger partial charge in [0.2, 0.25) is 5.91 Å². The van der Waals surface area contributed by atoms with Crippen LogP contribution < -0.4 is 5.32 Å². The van der Waals surface area contributed by atoms with Gasteiger partial charge in [-0.1, -0.05) is 24.6 Å². The number of anilines is 1. The third kappa shape index (κ3) is 6.54. The fraction of sp³-hybridized carbons (Fsp3) is 0.429. The van der Waals surface area contributed by atoms with Crippen LogP contribution in [0.4, 0.5) is 5.69 Å². The summed E-state index contributed by atoms with van der Waals surface area (Å²) in [4.78, 5) is 24.2. The molecule has 0 aromatic heterocycles. The fourth-order valence-electron chi connectivity index (χ4n) is 1.83. The summed E-state index contributed by atoms with van der Waals surface area (Å²) in [5.74, 6) is -1.03. The average molecular weight is 299 g/mol. The third-order valence-electron chi connectivity index (χ3n) is 2.66. The molecule has 0 aliphatic heterocycles. The van der Waals surface area contributed by atoms with E-state index >= 15 is 0 Å². The number of hydrogen-bond acceptors (Lipinski definition) is 3. The van der Waals surface area contributed by atoms with E-state index in [-0.39, 0.29) is 18.9 Å². The Hall–Kier alpha value is -1.59. The van der Waals surface area contributed by atoms with Gasteiger partial charge in [0, 0.05) is 23.7 Å². The highest BCUT2D eigenvalue weighted by molar-refractivity contribution is 6.30. The highest BCUT2D eigenvalue weighted by Crippen LogP contribution is 2.15. The zero-order valence-corrected chi connectivity index (χ0v) is 12.2. The van der Waals surface area contributed by atoms with Crippen molar-refractivity contribution in [3.8, 4) is 0 Å². The zero-order valence-electron chi connectivity index (χ0n) is 11.4. The molecular formula is C14H19ClN2O3. The molecule has 0 bridgehead atoms. The number of benzene rings is 1. The average Bonchev–Trinajstić information content (AvgIpc) is 2.35. The van der Waals surface area contributed by atoms with Gasteiger partial charge >= 0.3 is 5.97 Å². The number of carboxylic acids is 1. The Labute approximate surface area is 123 Å². The minimum Gasteiger partial charge on any atom is -0.480 e. The molecule has 0 atom stereocenters. The van der Waals surface area contributed by atoms with E-state index in [0.29, 0.717) is 23.8 Å². The van der Waals surface area contributed by atoms with E-state index in [1.165, 1.54) is 0 Å². The highest BCUT2D eigenvalue weighted by atomic mass is 35.5. The summed E-state index contributed by atoms with van der Waals surface area (Å²) < 4.78 is 0. The number of nitrogens with zero attached hydrogens (tertiary/aromatic N) is 1. The molecule has 0 aliphatic rings. The molecule has 0 saturated heterocycles. The van der Waals surface area contributed by atoms with Crippen LogP contribution in [-0.4, -0.2) is 41.5 Å². The lowest BCUT2D eigenvalue weighted by Crippen LogP contribution is -2.33. The van der Waals surface area contributed by atoms with Crippen molar-refractivity contribution in [2.75, 3.05) is 25.0 Å².